The standard InChI is InChI=1S/C15H10Cl2O2/c16-13-11(18)7-9-6-10(8-4-2-1-3-5-8)15(19)12(9)14(13)17/h1-5,7,10,18H,6H2. The van der Waals surface area contributed by atoms with Crippen molar-refractivity contribution in [3.05, 3.63) is 63.1 Å². The molecule has 2 aromatic rings. The van der Waals surface area contributed by atoms with E-state index in [-0.39, 0.29) is 27.5 Å². The van der Waals surface area contributed by atoms with E-state index in [4.69, 9.17) is 23.2 Å². The lowest BCUT2D eigenvalue weighted by atomic mass is 9.95. The molecule has 0 heterocycles. The van der Waals surface area contributed by atoms with Gasteiger partial charge in [0.1, 0.15) is 10.8 Å². The minimum atomic E-state index is -0.244. The van der Waals surface area contributed by atoms with E-state index in [9.17, 15) is 9.90 Å². The number of aromatic hydroxyl groups is 1. The third kappa shape index (κ3) is 1.92. The zero-order valence-electron chi connectivity index (χ0n) is 9.86. The van der Waals surface area contributed by atoms with Crippen LogP contribution in [0, 0.1) is 0 Å². The molecular weight excluding hydrogens is 283 g/mol. The number of hydrogen-bond acceptors (Lipinski definition) is 2. The van der Waals surface area contributed by atoms with Crippen molar-refractivity contribution in [2.75, 3.05) is 0 Å². The quantitative estimate of drug-likeness (QED) is 0.854. The van der Waals surface area contributed by atoms with E-state index in [0.29, 0.717) is 12.0 Å². The molecule has 1 atom stereocenters. The maximum Gasteiger partial charge on any atom is 0.172 e. The van der Waals surface area contributed by atoms with E-state index in [0.717, 1.165) is 11.1 Å². The first-order chi connectivity index (χ1) is 9.09. The Morgan fingerprint density at radius 2 is 1.79 bits per heavy atom. The summed E-state index contributed by atoms with van der Waals surface area (Å²) >= 11 is 12.0. The fourth-order valence-corrected chi connectivity index (χ4v) is 2.99. The number of carbonyl (C=O) groups is 1. The van der Waals surface area contributed by atoms with Crippen molar-refractivity contribution >= 4 is 29.0 Å². The summed E-state index contributed by atoms with van der Waals surface area (Å²) in [7, 11) is 0. The van der Waals surface area contributed by atoms with Crippen LogP contribution in [0.1, 0.15) is 27.4 Å². The molecule has 1 aliphatic rings. The van der Waals surface area contributed by atoms with Crippen LogP contribution in [0.25, 0.3) is 0 Å². The Labute approximate surface area is 120 Å². The predicted octanol–water partition coefficient (Wildman–Crippen LogP) is 4.22. The zero-order chi connectivity index (χ0) is 13.6. The van der Waals surface area contributed by atoms with Crippen molar-refractivity contribution < 1.29 is 9.90 Å². The molecule has 0 aromatic heterocycles. The molecule has 3 rings (SSSR count). The first-order valence-corrected chi connectivity index (χ1v) is 6.64. The number of halogens is 2. The molecule has 0 bridgehead atoms. The summed E-state index contributed by atoms with van der Waals surface area (Å²) in [4.78, 5) is 12.5. The van der Waals surface area contributed by atoms with Gasteiger partial charge in [0, 0.05) is 5.56 Å². The molecule has 0 saturated heterocycles. The van der Waals surface area contributed by atoms with Crippen LogP contribution < -0.4 is 0 Å². The van der Waals surface area contributed by atoms with E-state index in [1.165, 1.54) is 6.07 Å². The maximum atomic E-state index is 12.5. The molecule has 2 aromatic carbocycles. The smallest absolute Gasteiger partial charge is 0.172 e. The Balaban J connectivity index is 2.10. The molecule has 96 valence electrons. The fourth-order valence-electron chi connectivity index (χ4n) is 2.53. The third-order valence-electron chi connectivity index (χ3n) is 3.46. The van der Waals surface area contributed by atoms with Gasteiger partial charge in [0.25, 0.3) is 0 Å². The lowest BCUT2D eigenvalue weighted by Crippen LogP contribution is -2.07. The summed E-state index contributed by atoms with van der Waals surface area (Å²) < 4.78 is 0. The van der Waals surface area contributed by atoms with Gasteiger partial charge in [-0.15, -0.1) is 0 Å². The van der Waals surface area contributed by atoms with Gasteiger partial charge in [0.15, 0.2) is 5.78 Å². The van der Waals surface area contributed by atoms with Crippen LogP contribution in [0.15, 0.2) is 36.4 Å². The number of ketones is 1. The molecule has 1 unspecified atom stereocenters. The molecule has 0 aliphatic heterocycles. The van der Waals surface area contributed by atoms with Crippen LogP contribution in [0.5, 0.6) is 5.75 Å². The second kappa shape index (κ2) is 4.55. The van der Waals surface area contributed by atoms with Crippen LogP contribution in [0.2, 0.25) is 10.0 Å². The number of Topliss-reactive ketones (excluding diaryl/α,β-unsaturated/α-hetero) is 1. The van der Waals surface area contributed by atoms with Gasteiger partial charge >= 0.3 is 0 Å². The molecule has 0 spiro atoms. The second-order valence-corrected chi connectivity index (χ2v) is 5.35. The first kappa shape index (κ1) is 12.5. The van der Waals surface area contributed by atoms with E-state index in [1.807, 2.05) is 30.3 Å². The van der Waals surface area contributed by atoms with Gasteiger partial charge < -0.3 is 5.11 Å². The van der Waals surface area contributed by atoms with Crippen molar-refractivity contribution in [3.63, 3.8) is 0 Å². The maximum absolute atomic E-state index is 12.5. The molecule has 0 amide bonds. The Hall–Kier alpha value is -1.51. The number of phenolic OH excluding ortho intramolecular Hbond substituents is 1. The SMILES string of the molecule is O=C1c2c(cc(O)c(Cl)c2Cl)CC1c1ccccc1. The average molecular weight is 293 g/mol. The summed E-state index contributed by atoms with van der Waals surface area (Å²) in [5, 5.41) is 9.88. The minimum Gasteiger partial charge on any atom is -0.506 e. The zero-order valence-corrected chi connectivity index (χ0v) is 11.4. The van der Waals surface area contributed by atoms with Crippen molar-refractivity contribution in [3.8, 4) is 5.75 Å². The number of fused-ring (bicyclic) bond motifs is 1. The Kier molecular flexibility index (Phi) is 3.00. The molecule has 1 aliphatic carbocycles. The topological polar surface area (TPSA) is 37.3 Å². The highest BCUT2D eigenvalue weighted by molar-refractivity contribution is 6.45. The van der Waals surface area contributed by atoms with Gasteiger partial charge in [0.2, 0.25) is 0 Å². The molecule has 4 heteroatoms. The molecule has 2 nitrogen and oxygen atoms in total. The molecule has 0 fully saturated rings. The Morgan fingerprint density at radius 1 is 1.11 bits per heavy atom. The first-order valence-electron chi connectivity index (χ1n) is 5.88. The Bertz CT molecular complexity index is 666. The van der Waals surface area contributed by atoms with Crippen molar-refractivity contribution in [1.82, 2.24) is 0 Å². The highest BCUT2D eigenvalue weighted by Crippen LogP contribution is 2.44. The van der Waals surface area contributed by atoms with Gasteiger partial charge in [-0.05, 0) is 23.6 Å². The van der Waals surface area contributed by atoms with E-state index >= 15 is 0 Å². The van der Waals surface area contributed by atoms with Crippen LogP contribution >= 0.6 is 23.2 Å². The summed E-state index contributed by atoms with van der Waals surface area (Å²) in [5.41, 5.74) is 2.15. The lowest BCUT2D eigenvalue weighted by Gasteiger charge is -2.07. The van der Waals surface area contributed by atoms with Crippen molar-refractivity contribution in [1.29, 1.82) is 0 Å². The number of phenols is 1. The molecule has 19 heavy (non-hydrogen) atoms. The van der Waals surface area contributed by atoms with E-state index in [1.54, 1.807) is 0 Å². The van der Waals surface area contributed by atoms with Crippen LogP contribution in [-0.2, 0) is 6.42 Å². The highest BCUT2D eigenvalue weighted by atomic mass is 35.5. The number of benzene rings is 2. The summed E-state index contributed by atoms with van der Waals surface area (Å²) in [6.45, 7) is 0. The van der Waals surface area contributed by atoms with Crippen molar-refractivity contribution in [2.24, 2.45) is 0 Å². The Morgan fingerprint density at radius 3 is 2.47 bits per heavy atom. The largest absolute Gasteiger partial charge is 0.506 e. The van der Waals surface area contributed by atoms with Crippen molar-refractivity contribution in [2.45, 2.75) is 12.3 Å². The summed E-state index contributed by atoms with van der Waals surface area (Å²) in [6, 6.07) is 11.1. The van der Waals surface area contributed by atoms with Gasteiger partial charge in [-0.1, -0.05) is 53.5 Å². The van der Waals surface area contributed by atoms with Crippen LogP contribution in [0.4, 0.5) is 0 Å². The van der Waals surface area contributed by atoms with Gasteiger partial charge in [-0.3, -0.25) is 4.79 Å². The summed E-state index contributed by atoms with van der Waals surface area (Å²) in [6.07, 6.45) is 0.544. The number of rotatable bonds is 1. The van der Waals surface area contributed by atoms with Gasteiger partial charge in [-0.25, -0.2) is 0 Å². The van der Waals surface area contributed by atoms with Gasteiger partial charge in [-0.2, -0.15) is 0 Å². The molecule has 1 N–H and O–H groups in total. The third-order valence-corrected chi connectivity index (χ3v) is 4.32. The normalized spacial score (nSPS) is 17.6. The number of carbonyl (C=O) groups excluding carboxylic acids is 1. The van der Waals surface area contributed by atoms with Crippen LogP contribution in [-0.4, -0.2) is 10.9 Å². The fraction of sp³-hybridized carbons (Fsp3) is 0.133. The summed E-state index contributed by atoms with van der Waals surface area (Å²) in [5.74, 6) is -0.355. The monoisotopic (exact) mass is 292 g/mol. The van der Waals surface area contributed by atoms with Crippen LogP contribution in [0.3, 0.4) is 0 Å². The molecule has 0 radical (unpaired) electrons. The van der Waals surface area contributed by atoms with E-state index in [2.05, 4.69) is 0 Å². The van der Waals surface area contributed by atoms with Gasteiger partial charge in [0.05, 0.1) is 10.9 Å². The second-order valence-electron chi connectivity index (χ2n) is 4.59. The average Bonchev–Trinajstić information content (AvgIpc) is 2.74. The lowest BCUT2D eigenvalue weighted by molar-refractivity contribution is 0.0973. The molecular formula is C15H10Cl2O2. The minimum absolute atomic E-state index is 0.0342. The number of hydrogen-bond donors (Lipinski definition) is 1. The van der Waals surface area contributed by atoms with E-state index < -0.39 is 0 Å². The highest BCUT2D eigenvalue weighted by Gasteiger charge is 2.35. The molecule has 0 saturated carbocycles. The predicted molar refractivity (Wildman–Crippen MR) is 75.3 cm³/mol.